The fourth-order valence-corrected chi connectivity index (χ4v) is 0.655. The Balaban J connectivity index is 2.73. The molecule has 0 spiro atoms. The summed E-state index contributed by atoms with van der Waals surface area (Å²) in [6, 6.07) is 2.83. The first-order valence-electron chi connectivity index (χ1n) is 3.20. The van der Waals surface area contributed by atoms with E-state index < -0.39 is 5.97 Å². The summed E-state index contributed by atoms with van der Waals surface area (Å²) in [4.78, 5) is 10.3. The minimum absolute atomic E-state index is 0.103. The molecule has 60 valence electrons. The summed E-state index contributed by atoms with van der Waals surface area (Å²) in [5.74, 6) is -0.950. The number of carbonyl (C=O) groups is 1. The lowest BCUT2D eigenvalue weighted by atomic mass is 10.5. The molecule has 1 aromatic rings. The second-order valence-corrected chi connectivity index (χ2v) is 1.86. The molecule has 0 saturated carbocycles. The zero-order chi connectivity index (χ0) is 8.27. The van der Waals surface area contributed by atoms with Gasteiger partial charge in [0, 0.05) is 6.07 Å². The van der Waals surface area contributed by atoms with Gasteiger partial charge >= 0.3 is 5.97 Å². The summed E-state index contributed by atoms with van der Waals surface area (Å²) < 4.78 is 9.67. The lowest BCUT2D eigenvalue weighted by molar-refractivity contribution is 0.0654. The molecule has 0 saturated heterocycles. The summed E-state index contributed by atoms with van der Waals surface area (Å²) in [5, 5.41) is 8.42. The molecule has 0 unspecified atom stereocenters. The predicted molar refractivity (Wildman–Crippen MR) is 36.8 cm³/mol. The van der Waals surface area contributed by atoms with Crippen LogP contribution in [0, 0.1) is 0 Å². The van der Waals surface area contributed by atoms with E-state index in [1.54, 1.807) is 6.92 Å². The zero-order valence-corrected chi connectivity index (χ0v) is 6.03. The number of furan rings is 1. The molecule has 0 fully saturated rings. The summed E-state index contributed by atoms with van der Waals surface area (Å²) in [5.41, 5.74) is 0. The molecule has 1 aromatic heterocycles. The van der Waals surface area contributed by atoms with E-state index >= 15 is 0 Å². The molecule has 4 heteroatoms. The van der Waals surface area contributed by atoms with Crippen LogP contribution in [0.4, 0.5) is 0 Å². The topological polar surface area (TPSA) is 59.7 Å². The van der Waals surface area contributed by atoms with Gasteiger partial charge in [-0.3, -0.25) is 0 Å². The van der Waals surface area contributed by atoms with Crippen LogP contribution in [0.2, 0.25) is 0 Å². The third kappa shape index (κ3) is 1.73. The molecule has 0 amide bonds. The van der Waals surface area contributed by atoms with Gasteiger partial charge in [0.15, 0.2) is 0 Å². The van der Waals surface area contributed by atoms with Crippen LogP contribution in [0.1, 0.15) is 17.5 Å². The lowest BCUT2D eigenvalue weighted by Gasteiger charge is -1.94. The number of hydrogen-bond donors (Lipinski definition) is 1. The molecule has 0 radical (unpaired) electrons. The maximum absolute atomic E-state index is 10.3. The lowest BCUT2D eigenvalue weighted by Crippen LogP contribution is -1.92. The van der Waals surface area contributed by atoms with Gasteiger partial charge in [-0.2, -0.15) is 0 Å². The fourth-order valence-electron chi connectivity index (χ4n) is 0.655. The van der Waals surface area contributed by atoms with Crippen LogP contribution >= 0.6 is 0 Å². The van der Waals surface area contributed by atoms with Gasteiger partial charge in [0.2, 0.25) is 5.76 Å². The van der Waals surface area contributed by atoms with Gasteiger partial charge in [0.05, 0.1) is 6.61 Å². The highest BCUT2D eigenvalue weighted by Gasteiger charge is 2.08. The van der Waals surface area contributed by atoms with E-state index in [9.17, 15) is 4.79 Å². The van der Waals surface area contributed by atoms with Crippen LogP contribution in [-0.2, 0) is 0 Å². The number of aromatic carboxylic acids is 1. The molecule has 1 heterocycles. The molecular weight excluding hydrogens is 148 g/mol. The number of carboxylic acid groups (broad SMARTS) is 1. The number of ether oxygens (including phenoxy) is 1. The molecule has 0 aliphatic carbocycles. The molecule has 0 aliphatic rings. The molecule has 0 aromatic carbocycles. The second-order valence-electron chi connectivity index (χ2n) is 1.86. The normalized spacial score (nSPS) is 9.55. The van der Waals surface area contributed by atoms with Crippen LogP contribution in [0.3, 0.4) is 0 Å². The van der Waals surface area contributed by atoms with Crippen molar-refractivity contribution in [1.82, 2.24) is 0 Å². The number of hydrogen-bond acceptors (Lipinski definition) is 3. The van der Waals surface area contributed by atoms with Crippen LogP contribution in [0.25, 0.3) is 0 Å². The van der Waals surface area contributed by atoms with Gasteiger partial charge in [0.25, 0.3) is 5.95 Å². The van der Waals surface area contributed by atoms with Crippen molar-refractivity contribution in [3.63, 3.8) is 0 Å². The average Bonchev–Trinajstić information content (AvgIpc) is 2.37. The standard InChI is InChI=1S/C7H8O4/c1-2-10-6-4-3-5(11-6)7(8)9/h3-4H,2H2,1H3,(H,8,9). The van der Waals surface area contributed by atoms with Crippen LogP contribution < -0.4 is 4.74 Å². The van der Waals surface area contributed by atoms with E-state index in [0.717, 1.165) is 0 Å². The van der Waals surface area contributed by atoms with E-state index in [2.05, 4.69) is 0 Å². The predicted octanol–water partition coefficient (Wildman–Crippen LogP) is 1.38. The Labute approximate surface area is 63.4 Å². The van der Waals surface area contributed by atoms with E-state index in [-0.39, 0.29) is 11.7 Å². The van der Waals surface area contributed by atoms with Gasteiger partial charge in [-0.15, -0.1) is 0 Å². The van der Waals surface area contributed by atoms with E-state index in [0.29, 0.717) is 6.61 Å². The number of carboxylic acids is 1. The number of rotatable bonds is 3. The Kier molecular flexibility index (Phi) is 2.15. The highest BCUT2D eigenvalue weighted by molar-refractivity contribution is 5.84. The summed E-state index contributed by atoms with van der Waals surface area (Å²) in [6.45, 7) is 2.26. The van der Waals surface area contributed by atoms with Crippen molar-refractivity contribution in [3.8, 4) is 5.95 Å². The third-order valence-corrected chi connectivity index (χ3v) is 1.08. The van der Waals surface area contributed by atoms with Gasteiger partial charge in [0.1, 0.15) is 0 Å². The van der Waals surface area contributed by atoms with Crippen molar-refractivity contribution in [2.24, 2.45) is 0 Å². The Morgan fingerprint density at radius 1 is 1.73 bits per heavy atom. The van der Waals surface area contributed by atoms with Crippen LogP contribution in [0.5, 0.6) is 5.95 Å². The first-order valence-corrected chi connectivity index (χ1v) is 3.20. The second kappa shape index (κ2) is 3.09. The zero-order valence-electron chi connectivity index (χ0n) is 6.03. The quantitative estimate of drug-likeness (QED) is 0.718. The largest absolute Gasteiger partial charge is 0.475 e. The molecule has 0 aliphatic heterocycles. The van der Waals surface area contributed by atoms with Crippen molar-refractivity contribution in [2.75, 3.05) is 6.61 Å². The van der Waals surface area contributed by atoms with Gasteiger partial charge in [-0.05, 0) is 13.0 Å². The van der Waals surface area contributed by atoms with Crippen molar-refractivity contribution in [1.29, 1.82) is 0 Å². The molecular formula is C7H8O4. The summed E-state index contributed by atoms with van der Waals surface area (Å²) in [7, 11) is 0. The van der Waals surface area contributed by atoms with Crippen LogP contribution in [0.15, 0.2) is 16.5 Å². The van der Waals surface area contributed by atoms with Crippen molar-refractivity contribution >= 4 is 5.97 Å². The average molecular weight is 156 g/mol. The molecule has 1 N–H and O–H groups in total. The third-order valence-electron chi connectivity index (χ3n) is 1.08. The molecule has 1 rings (SSSR count). The summed E-state index contributed by atoms with van der Waals surface area (Å²) in [6.07, 6.45) is 0. The molecule has 4 nitrogen and oxygen atoms in total. The molecule has 0 bridgehead atoms. The Bertz CT molecular complexity index is 251. The van der Waals surface area contributed by atoms with E-state index in [1.165, 1.54) is 12.1 Å². The van der Waals surface area contributed by atoms with Crippen molar-refractivity contribution in [3.05, 3.63) is 17.9 Å². The van der Waals surface area contributed by atoms with Gasteiger partial charge in [-0.25, -0.2) is 4.79 Å². The van der Waals surface area contributed by atoms with Gasteiger partial charge < -0.3 is 14.3 Å². The molecule has 0 atom stereocenters. The summed E-state index contributed by atoms with van der Waals surface area (Å²) >= 11 is 0. The Morgan fingerprint density at radius 2 is 2.45 bits per heavy atom. The van der Waals surface area contributed by atoms with E-state index in [4.69, 9.17) is 14.3 Å². The van der Waals surface area contributed by atoms with Gasteiger partial charge in [-0.1, -0.05) is 0 Å². The van der Waals surface area contributed by atoms with E-state index in [1.807, 2.05) is 0 Å². The fraction of sp³-hybridized carbons (Fsp3) is 0.286. The van der Waals surface area contributed by atoms with Crippen LogP contribution in [-0.4, -0.2) is 17.7 Å². The maximum atomic E-state index is 10.3. The minimum Gasteiger partial charge on any atom is -0.475 e. The smallest absolute Gasteiger partial charge is 0.371 e. The monoisotopic (exact) mass is 156 g/mol. The Morgan fingerprint density at radius 3 is 2.91 bits per heavy atom. The highest BCUT2D eigenvalue weighted by Crippen LogP contribution is 2.15. The first kappa shape index (κ1) is 7.65. The highest BCUT2D eigenvalue weighted by atomic mass is 16.6. The maximum Gasteiger partial charge on any atom is 0.371 e. The Hall–Kier alpha value is -1.45. The first-order chi connectivity index (χ1) is 5.24. The SMILES string of the molecule is CCOc1ccc(C(=O)O)o1. The van der Waals surface area contributed by atoms with Crippen molar-refractivity contribution < 1.29 is 19.1 Å². The van der Waals surface area contributed by atoms with Crippen molar-refractivity contribution in [2.45, 2.75) is 6.92 Å². The molecule has 11 heavy (non-hydrogen) atoms. The minimum atomic E-state index is -1.09.